The van der Waals surface area contributed by atoms with Crippen LogP contribution >= 0.6 is 11.6 Å². The highest BCUT2D eigenvalue weighted by atomic mass is 35.5. The van der Waals surface area contributed by atoms with Gasteiger partial charge in [0.25, 0.3) is 0 Å². The fraction of sp³-hybridized carbons (Fsp3) is 0.368. The molecule has 1 fully saturated rings. The molecular formula is C19H22ClN3O2. The van der Waals surface area contributed by atoms with E-state index in [1.165, 1.54) is 0 Å². The normalized spacial score (nSPS) is 16.4. The number of morpholine rings is 1. The van der Waals surface area contributed by atoms with Crippen molar-refractivity contribution in [1.82, 2.24) is 15.2 Å². The van der Waals surface area contributed by atoms with Crippen molar-refractivity contribution in [1.29, 1.82) is 0 Å². The third-order valence-electron chi connectivity index (χ3n) is 4.31. The molecule has 132 valence electrons. The molecule has 1 N–H and O–H groups in total. The summed E-state index contributed by atoms with van der Waals surface area (Å²) in [6.07, 6.45) is 3.94. The van der Waals surface area contributed by atoms with E-state index in [-0.39, 0.29) is 11.9 Å². The maximum absolute atomic E-state index is 12.5. The summed E-state index contributed by atoms with van der Waals surface area (Å²) in [6.45, 7) is 4.01. The Balaban J connectivity index is 1.66. The Labute approximate surface area is 153 Å². The van der Waals surface area contributed by atoms with E-state index in [1.807, 2.05) is 36.4 Å². The molecule has 2 heterocycles. The zero-order valence-corrected chi connectivity index (χ0v) is 14.8. The summed E-state index contributed by atoms with van der Waals surface area (Å²) in [4.78, 5) is 18.8. The zero-order valence-electron chi connectivity index (χ0n) is 14.0. The molecule has 0 radical (unpaired) electrons. The first kappa shape index (κ1) is 17.9. The summed E-state index contributed by atoms with van der Waals surface area (Å²) in [7, 11) is 0. The number of carbonyl (C=O) groups excluding carboxylic acids is 1. The predicted molar refractivity (Wildman–Crippen MR) is 97.6 cm³/mol. The molecule has 0 saturated carbocycles. The van der Waals surface area contributed by atoms with Crippen LogP contribution in [-0.4, -0.2) is 48.6 Å². The quantitative estimate of drug-likeness (QED) is 0.861. The minimum atomic E-state index is -0.211. The Morgan fingerprint density at radius 1 is 1.12 bits per heavy atom. The number of halogens is 1. The van der Waals surface area contributed by atoms with Gasteiger partial charge in [-0.25, -0.2) is 0 Å². The molecule has 1 aromatic carbocycles. The molecule has 3 rings (SSSR count). The third kappa shape index (κ3) is 5.26. The number of hydrogen-bond donors (Lipinski definition) is 1. The molecule has 1 aromatic heterocycles. The zero-order chi connectivity index (χ0) is 17.5. The second kappa shape index (κ2) is 8.94. The van der Waals surface area contributed by atoms with Crippen LogP contribution in [0.15, 0.2) is 48.8 Å². The molecule has 1 atom stereocenters. The van der Waals surface area contributed by atoms with Crippen LogP contribution in [0.2, 0.25) is 5.02 Å². The Morgan fingerprint density at radius 3 is 2.44 bits per heavy atom. The maximum Gasteiger partial charge on any atom is 0.222 e. The number of pyridine rings is 1. The number of carbonyl (C=O) groups is 1. The van der Waals surface area contributed by atoms with E-state index in [0.717, 1.165) is 44.0 Å². The second-order valence-electron chi connectivity index (χ2n) is 6.04. The first-order valence-corrected chi connectivity index (χ1v) is 8.85. The first-order chi connectivity index (χ1) is 12.2. The molecule has 6 heteroatoms. The second-order valence-corrected chi connectivity index (χ2v) is 6.47. The molecule has 1 aliphatic rings. The van der Waals surface area contributed by atoms with Crippen molar-refractivity contribution < 1.29 is 9.53 Å². The number of aromatic nitrogens is 1. The van der Waals surface area contributed by atoms with Gasteiger partial charge >= 0.3 is 0 Å². The molecule has 25 heavy (non-hydrogen) atoms. The average Bonchev–Trinajstić information content (AvgIpc) is 2.67. The lowest BCUT2D eigenvalue weighted by molar-refractivity contribution is -0.122. The molecule has 1 unspecified atom stereocenters. The van der Waals surface area contributed by atoms with Crippen molar-refractivity contribution in [2.24, 2.45) is 0 Å². The molecule has 0 aliphatic carbocycles. The van der Waals surface area contributed by atoms with Crippen molar-refractivity contribution in [2.75, 3.05) is 32.8 Å². The molecule has 5 nitrogen and oxygen atoms in total. The van der Waals surface area contributed by atoms with Gasteiger partial charge in [0.1, 0.15) is 0 Å². The van der Waals surface area contributed by atoms with Gasteiger partial charge in [0.05, 0.1) is 19.3 Å². The Morgan fingerprint density at radius 2 is 1.76 bits per heavy atom. The molecule has 1 amide bonds. The number of hydrogen-bond acceptors (Lipinski definition) is 4. The van der Waals surface area contributed by atoms with Gasteiger partial charge in [0.2, 0.25) is 5.91 Å². The van der Waals surface area contributed by atoms with Crippen LogP contribution in [0.1, 0.15) is 23.6 Å². The van der Waals surface area contributed by atoms with Crippen molar-refractivity contribution in [2.45, 2.75) is 12.5 Å². The van der Waals surface area contributed by atoms with Gasteiger partial charge in [0, 0.05) is 43.5 Å². The van der Waals surface area contributed by atoms with Crippen LogP contribution in [0.25, 0.3) is 0 Å². The Bertz CT molecular complexity index is 673. The van der Waals surface area contributed by atoms with E-state index in [2.05, 4.69) is 15.2 Å². The smallest absolute Gasteiger partial charge is 0.222 e. The average molecular weight is 360 g/mol. The highest BCUT2D eigenvalue weighted by Gasteiger charge is 2.18. The number of benzene rings is 1. The monoisotopic (exact) mass is 359 g/mol. The molecule has 1 aliphatic heterocycles. The van der Waals surface area contributed by atoms with Crippen molar-refractivity contribution in [3.63, 3.8) is 0 Å². The molecule has 0 spiro atoms. The standard InChI is InChI=1S/C19H22ClN3O2/c20-17-3-1-15(2-4-17)19(16-5-8-21-9-6-16)22-18(24)7-10-23-11-13-25-14-12-23/h1-6,8-9,19H,7,10-14H2,(H,22,24). The van der Waals surface area contributed by atoms with Crippen molar-refractivity contribution in [3.05, 3.63) is 64.9 Å². The van der Waals surface area contributed by atoms with Gasteiger partial charge in [-0.2, -0.15) is 0 Å². The highest BCUT2D eigenvalue weighted by Crippen LogP contribution is 2.23. The number of nitrogens with zero attached hydrogens (tertiary/aromatic N) is 2. The Kier molecular flexibility index (Phi) is 6.39. The first-order valence-electron chi connectivity index (χ1n) is 8.47. The lowest BCUT2D eigenvalue weighted by Crippen LogP contribution is -2.39. The fourth-order valence-electron chi connectivity index (χ4n) is 2.89. The van der Waals surface area contributed by atoms with Gasteiger partial charge in [-0.15, -0.1) is 0 Å². The van der Waals surface area contributed by atoms with E-state index in [1.54, 1.807) is 12.4 Å². The van der Waals surface area contributed by atoms with E-state index in [0.29, 0.717) is 11.4 Å². The van der Waals surface area contributed by atoms with E-state index in [9.17, 15) is 4.79 Å². The lowest BCUT2D eigenvalue weighted by Gasteiger charge is -2.26. The van der Waals surface area contributed by atoms with E-state index < -0.39 is 0 Å². The van der Waals surface area contributed by atoms with Gasteiger partial charge in [-0.3, -0.25) is 14.7 Å². The van der Waals surface area contributed by atoms with Crippen molar-refractivity contribution in [3.8, 4) is 0 Å². The lowest BCUT2D eigenvalue weighted by atomic mass is 9.99. The SMILES string of the molecule is O=C(CCN1CCOCC1)NC(c1ccncc1)c1ccc(Cl)cc1. The fourth-order valence-corrected chi connectivity index (χ4v) is 3.01. The molecule has 0 bridgehead atoms. The van der Waals surface area contributed by atoms with Crippen LogP contribution in [0, 0.1) is 0 Å². The van der Waals surface area contributed by atoms with Crippen LogP contribution in [0.4, 0.5) is 0 Å². The van der Waals surface area contributed by atoms with Crippen LogP contribution < -0.4 is 5.32 Å². The van der Waals surface area contributed by atoms with Gasteiger partial charge in [-0.1, -0.05) is 23.7 Å². The Hall–Kier alpha value is -1.95. The van der Waals surface area contributed by atoms with Gasteiger partial charge in [-0.05, 0) is 35.4 Å². The summed E-state index contributed by atoms with van der Waals surface area (Å²) >= 11 is 5.99. The minimum Gasteiger partial charge on any atom is -0.379 e. The number of amides is 1. The summed E-state index contributed by atoms with van der Waals surface area (Å²) in [5, 5.41) is 3.82. The third-order valence-corrected chi connectivity index (χ3v) is 4.56. The van der Waals surface area contributed by atoms with E-state index in [4.69, 9.17) is 16.3 Å². The number of nitrogens with one attached hydrogen (secondary N) is 1. The highest BCUT2D eigenvalue weighted by molar-refractivity contribution is 6.30. The largest absolute Gasteiger partial charge is 0.379 e. The van der Waals surface area contributed by atoms with Gasteiger partial charge in [0.15, 0.2) is 0 Å². The topological polar surface area (TPSA) is 54.5 Å². The van der Waals surface area contributed by atoms with Crippen LogP contribution in [0.5, 0.6) is 0 Å². The molecule has 1 saturated heterocycles. The summed E-state index contributed by atoms with van der Waals surface area (Å²) in [5.41, 5.74) is 1.99. The number of rotatable bonds is 6. The summed E-state index contributed by atoms with van der Waals surface area (Å²) in [6, 6.07) is 11.2. The van der Waals surface area contributed by atoms with E-state index >= 15 is 0 Å². The maximum atomic E-state index is 12.5. The van der Waals surface area contributed by atoms with Gasteiger partial charge < -0.3 is 10.1 Å². The molecule has 2 aromatic rings. The van der Waals surface area contributed by atoms with Crippen LogP contribution in [0.3, 0.4) is 0 Å². The van der Waals surface area contributed by atoms with Crippen LogP contribution in [-0.2, 0) is 9.53 Å². The summed E-state index contributed by atoms with van der Waals surface area (Å²) in [5.74, 6) is 0.0308. The predicted octanol–water partition coefficient (Wildman–Crippen LogP) is 2.66. The summed E-state index contributed by atoms with van der Waals surface area (Å²) < 4.78 is 5.34. The minimum absolute atomic E-state index is 0.0308. The molecular weight excluding hydrogens is 338 g/mol. The van der Waals surface area contributed by atoms with Crippen molar-refractivity contribution >= 4 is 17.5 Å². The number of ether oxygens (including phenoxy) is 1.